The molecule has 42 heavy (non-hydrogen) atoms. The number of rotatable bonds is 11. The molecule has 0 aliphatic heterocycles. The number of carbonyl (C=O) groups is 2. The van der Waals surface area contributed by atoms with Crippen LogP contribution in [0.15, 0.2) is 42.6 Å². The van der Waals surface area contributed by atoms with E-state index in [0.29, 0.717) is 36.1 Å². The number of hydrogen-bond donors (Lipinski definition) is 2. The van der Waals surface area contributed by atoms with E-state index in [0.717, 1.165) is 37.8 Å². The molecule has 3 atom stereocenters. The molecule has 1 heterocycles. The Labute approximate surface area is 249 Å². The Bertz CT molecular complexity index is 1340. The topological polar surface area (TPSA) is 123 Å². The van der Waals surface area contributed by atoms with Gasteiger partial charge in [-0.2, -0.15) is 10.2 Å². The summed E-state index contributed by atoms with van der Waals surface area (Å²) in [5.41, 5.74) is 1.94. The van der Waals surface area contributed by atoms with Crippen LogP contribution < -0.4 is 15.4 Å². The van der Waals surface area contributed by atoms with Crippen molar-refractivity contribution in [3.63, 3.8) is 0 Å². The first-order chi connectivity index (χ1) is 20.2. The quantitative estimate of drug-likeness (QED) is 0.308. The van der Waals surface area contributed by atoms with Gasteiger partial charge in [-0.15, -0.1) is 0 Å². The normalized spacial score (nSPS) is 17.1. The van der Waals surface area contributed by atoms with Gasteiger partial charge in [-0.1, -0.05) is 31.3 Å². The zero-order valence-electron chi connectivity index (χ0n) is 25.2. The summed E-state index contributed by atoms with van der Waals surface area (Å²) in [5, 5.41) is 15.3. The molecule has 2 aromatic rings. The van der Waals surface area contributed by atoms with Crippen LogP contribution in [0.3, 0.4) is 0 Å². The summed E-state index contributed by atoms with van der Waals surface area (Å²) in [5.74, 6) is 7.09. The van der Waals surface area contributed by atoms with E-state index in [1.807, 2.05) is 25.9 Å². The second-order valence-electron chi connectivity index (χ2n) is 10.7. The van der Waals surface area contributed by atoms with Crippen molar-refractivity contribution >= 4 is 23.5 Å². The van der Waals surface area contributed by atoms with Crippen molar-refractivity contribution in [1.29, 1.82) is 5.26 Å². The fraction of sp³-hybridized carbons (Fsp3) is 0.469. The standard InChI is InChI=1S/C32H41N7O3/c1-6-19-42-31-26(22-34-32(37-31)36-27-16-13-25(21-33)14-17-27)15-12-24-9-7-10-28(20-24)35-30(41)23(2)39(5)29(40)11-8-18-38(3)4/h8,11,13-14,16-17,22-24,28H,6-7,9-10,18-20H2,1-5H3,(H,35,41)(H,34,36,37)/t23-,24-,28-/m0/s1. The van der Waals surface area contributed by atoms with Gasteiger partial charge in [0.05, 0.1) is 24.4 Å². The van der Waals surface area contributed by atoms with Crippen LogP contribution in [0.5, 0.6) is 5.88 Å². The molecule has 1 saturated carbocycles. The van der Waals surface area contributed by atoms with Crippen molar-refractivity contribution in [3.05, 3.63) is 53.7 Å². The maximum absolute atomic E-state index is 12.9. The number of nitrogens with one attached hydrogen (secondary N) is 2. The van der Waals surface area contributed by atoms with Gasteiger partial charge >= 0.3 is 0 Å². The smallest absolute Gasteiger partial charge is 0.246 e. The minimum atomic E-state index is -0.584. The van der Waals surface area contributed by atoms with Crippen LogP contribution in [0.1, 0.15) is 57.1 Å². The highest BCUT2D eigenvalue weighted by Gasteiger charge is 2.26. The largest absolute Gasteiger partial charge is 0.477 e. The van der Waals surface area contributed by atoms with Gasteiger partial charge in [0.2, 0.25) is 23.6 Å². The fourth-order valence-corrected chi connectivity index (χ4v) is 4.38. The van der Waals surface area contributed by atoms with Crippen molar-refractivity contribution in [2.75, 3.05) is 39.6 Å². The fourth-order valence-electron chi connectivity index (χ4n) is 4.38. The van der Waals surface area contributed by atoms with E-state index in [2.05, 4.69) is 38.5 Å². The van der Waals surface area contributed by atoms with E-state index in [1.54, 1.807) is 50.5 Å². The van der Waals surface area contributed by atoms with E-state index in [1.165, 1.54) is 11.0 Å². The molecule has 2 amide bonds. The van der Waals surface area contributed by atoms with Crippen LogP contribution in [0, 0.1) is 29.1 Å². The molecule has 1 aliphatic rings. The van der Waals surface area contributed by atoms with E-state index in [-0.39, 0.29) is 23.8 Å². The Morgan fingerprint density at radius 1 is 1.21 bits per heavy atom. The molecular formula is C32H41N7O3. The molecule has 0 spiro atoms. The van der Waals surface area contributed by atoms with Crippen molar-refractivity contribution in [3.8, 4) is 23.8 Å². The second kappa shape index (κ2) is 16.1. The molecule has 0 radical (unpaired) electrons. The molecule has 3 rings (SSSR count). The van der Waals surface area contributed by atoms with Gasteiger partial charge in [-0.3, -0.25) is 9.59 Å². The molecular weight excluding hydrogens is 530 g/mol. The maximum atomic E-state index is 12.9. The highest BCUT2D eigenvalue weighted by atomic mass is 16.5. The summed E-state index contributed by atoms with van der Waals surface area (Å²) in [4.78, 5) is 37.8. The number of carbonyl (C=O) groups excluding carboxylic acids is 2. The van der Waals surface area contributed by atoms with Gasteiger partial charge in [0.25, 0.3) is 0 Å². The minimum Gasteiger partial charge on any atom is -0.477 e. The number of hydrogen-bond acceptors (Lipinski definition) is 8. The van der Waals surface area contributed by atoms with Gasteiger partial charge in [0.15, 0.2) is 0 Å². The lowest BCUT2D eigenvalue weighted by Gasteiger charge is -2.30. The first-order valence-corrected chi connectivity index (χ1v) is 14.4. The van der Waals surface area contributed by atoms with Crippen LogP contribution in [0.25, 0.3) is 0 Å². The summed E-state index contributed by atoms with van der Waals surface area (Å²) in [6, 6.07) is 8.54. The lowest BCUT2D eigenvalue weighted by atomic mass is 9.86. The molecule has 1 aromatic heterocycles. The predicted octanol–water partition coefficient (Wildman–Crippen LogP) is 3.87. The molecule has 0 bridgehead atoms. The highest BCUT2D eigenvalue weighted by Crippen LogP contribution is 2.25. The monoisotopic (exact) mass is 571 g/mol. The van der Waals surface area contributed by atoms with Crippen LogP contribution in [-0.4, -0.2) is 78.0 Å². The molecule has 1 fully saturated rings. The van der Waals surface area contributed by atoms with E-state index < -0.39 is 6.04 Å². The number of anilines is 2. The first-order valence-electron chi connectivity index (χ1n) is 14.4. The average molecular weight is 572 g/mol. The molecule has 222 valence electrons. The van der Waals surface area contributed by atoms with Gasteiger partial charge in [0.1, 0.15) is 11.6 Å². The highest BCUT2D eigenvalue weighted by molar-refractivity contribution is 5.92. The molecule has 0 saturated heterocycles. The van der Waals surface area contributed by atoms with Crippen molar-refractivity contribution in [2.24, 2.45) is 5.92 Å². The van der Waals surface area contributed by atoms with Gasteiger partial charge < -0.3 is 25.2 Å². The number of ether oxygens (including phenoxy) is 1. The number of amides is 2. The third kappa shape index (κ3) is 9.90. The Morgan fingerprint density at radius 3 is 2.67 bits per heavy atom. The zero-order chi connectivity index (χ0) is 30.5. The zero-order valence-corrected chi connectivity index (χ0v) is 25.2. The number of aromatic nitrogens is 2. The molecule has 2 N–H and O–H groups in total. The summed E-state index contributed by atoms with van der Waals surface area (Å²) in [7, 11) is 5.50. The van der Waals surface area contributed by atoms with E-state index >= 15 is 0 Å². The summed E-state index contributed by atoms with van der Waals surface area (Å²) in [6.45, 7) is 4.92. The van der Waals surface area contributed by atoms with Crippen LogP contribution >= 0.6 is 0 Å². The molecule has 0 unspecified atom stereocenters. The van der Waals surface area contributed by atoms with Crippen LogP contribution in [-0.2, 0) is 9.59 Å². The minimum absolute atomic E-state index is 0.00755. The third-order valence-corrected chi connectivity index (χ3v) is 6.94. The number of likely N-dealkylation sites (N-methyl/N-ethyl adjacent to an activating group) is 2. The summed E-state index contributed by atoms with van der Waals surface area (Å²) in [6.07, 6.45) is 9.27. The second-order valence-corrected chi connectivity index (χ2v) is 10.7. The van der Waals surface area contributed by atoms with Gasteiger partial charge in [-0.05, 0) is 71.0 Å². The lowest BCUT2D eigenvalue weighted by molar-refractivity contribution is -0.135. The van der Waals surface area contributed by atoms with Crippen molar-refractivity contribution in [1.82, 2.24) is 25.1 Å². The van der Waals surface area contributed by atoms with Crippen molar-refractivity contribution in [2.45, 2.75) is 58.0 Å². The average Bonchev–Trinajstić information content (AvgIpc) is 2.99. The Balaban J connectivity index is 1.63. The van der Waals surface area contributed by atoms with E-state index in [4.69, 9.17) is 10.00 Å². The Morgan fingerprint density at radius 2 is 1.98 bits per heavy atom. The summed E-state index contributed by atoms with van der Waals surface area (Å²) < 4.78 is 5.89. The Hall–Kier alpha value is -4.41. The van der Waals surface area contributed by atoms with Crippen molar-refractivity contribution < 1.29 is 14.3 Å². The predicted molar refractivity (Wildman–Crippen MR) is 163 cm³/mol. The molecule has 1 aliphatic carbocycles. The van der Waals surface area contributed by atoms with Crippen LogP contribution in [0.2, 0.25) is 0 Å². The summed E-state index contributed by atoms with van der Waals surface area (Å²) >= 11 is 0. The third-order valence-electron chi connectivity index (χ3n) is 6.94. The maximum Gasteiger partial charge on any atom is 0.246 e. The Kier molecular flexibility index (Phi) is 12.3. The first kappa shape index (κ1) is 32.1. The lowest BCUT2D eigenvalue weighted by Crippen LogP contribution is -2.49. The number of nitrogens with zero attached hydrogens (tertiary/aromatic N) is 5. The van der Waals surface area contributed by atoms with E-state index in [9.17, 15) is 9.59 Å². The van der Waals surface area contributed by atoms with Gasteiger partial charge in [-0.25, -0.2) is 4.98 Å². The number of nitriles is 1. The SMILES string of the molecule is CCCOc1nc(Nc2ccc(C#N)cc2)ncc1C#C[C@@H]1CCC[C@H](NC(=O)[C@H](C)N(C)C(=O)C=CCN(C)C)C1. The molecule has 1 aromatic carbocycles. The molecule has 10 nitrogen and oxygen atoms in total. The van der Waals surface area contributed by atoms with Crippen LogP contribution in [0.4, 0.5) is 11.6 Å². The van der Waals surface area contributed by atoms with Gasteiger partial charge in [0, 0.05) is 37.3 Å². The number of benzene rings is 1. The molecule has 10 heteroatoms.